The van der Waals surface area contributed by atoms with Crippen molar-refractivity contribution in [2.45, 2.75) is 0 Å². The Balaban J connectivity index is 0. The van der Waals surface area contributed by atoms with Gasteiger partial charge in [0.05, 0.1) is 14.1 Å². The number of quaternary nitrogens is 1. The van der Waals surface area contributed by atoms with Crippen LogP contribution in [0.1, 0.15) is 0 Å². The van der Waals surface area contributed by atoms with Gasteiger partial charge >= 0.3 is 0 Å². The van der Waals surface area contributed by atoms with E-state index in [4.69, 9.17) is 11.6 Å². The van der Waals surface area contributed by atoms with Gasteiger partial charge < -0.3 is 17.3 Å². The van der Waals surface area contributed by atoms with Crippen LogP contribution < -0.4 is 17.3 Å². The molecule has 0 heterocycles. The Kier molecular flexibility index (Phi) is 8.99. The van der Waals surface area contributed by atoms with Gasteiger partial charge in [0.1, 0.15) is 0 Å². The zero-order valence-electron chi connectivity index (χ0n) is 3.96. The van der Waals surface area contributed by atoms with Crippen LogP contribution in [0.5, 0.6) is 0 Å². The van der Waals surface area contributed by atoms with E-state index in [1.165, 1.54) is 4.90 Å². The van der Waals surface area contributed by atoms with Crippen molar-refractivity contribution in [1.82, 2.24) is 0 Å². The van der Waals surface area contributed by atoms with Gasteiger partial charge in [0.25, 0.3) is 0 Å². The molecule has 0 aliphatic rings. The monoisotopic (exact) mass is 129 g/mol. The van der Waals surface area contributed by atoms with E-state index in [2.05, 4.69) is 0 Å². The molecule has 0 saturated heterocycles. The van der Waals surface area contributed by atoms with E-state index in [1.807, 2.05) is 14.1 Å². The molecule has 6 heavy (non-hydrogen) atoms. The molecule has 1 N–H and O–H groups in total. The maximum atomic E-state index is 5.30. The van der Waals surface area contributed by atoms with Gasteiger partial charge in [-0.05, 0) is 0 Å². The Morgan fingerprint density at radius 1 is 1.50 bits per heavy atom. The summed E-state index contributed by atoms with van der Waals surface area (Å²) in [5, 5.41) is 0. The lowest BCUT2D eigenvalue weighted by Crippen LogP contribution is -3.04. The van der Waals surface area contributed by atoms with E-state index in [9.17, 15) is 0 Å². The highest BCUT2D eigenvalue weighted by molar-refractivity contribution is 6.16. The van der Waals surface area contributed by atoms with E-state index < -0.39 is 0 Å². The summed E-state index contributed by atoms with van der Waals surface area (Å²) in [6.07, 6.45) is 0. The summed E-state index contributed by atoms with van der Waals surface area (Å²) < 4.78 is 0. The Morgan fingerprint density at radius 2 is 1.67 bits per heavy atom. The fourth-order valence-electron chi connectivity index (χ4n) is 0. The third-order valence-electron chi connectivity index (χ3n) is 0.267. The van der Waals surface area contributed by atoms with Crippen LogP contribution in [0.15, 0.2) is 0 Å². The third-order valence-corrected chi connectivity index (χ3v) is 0.802. The Labute approximate surface area is 49.7 Å². The van der Waals surface area contributed by atoms with Crippen LogP contribution in [-0.2, 0) is 0 Å². The van der Waals surface area contributed by atoms with Gasteiger partial charge in [0.15, 0.2) is 6.00 Å². The highest BCUT2D eigenvalue weighted by Crippen LogP contribution is 1.49. The second-order valence-electron chi connectivity index (χ2n) is 1.34. The van der Waals surface area contributed by atoms with Gasteiger partial charge in [-0.2, -0.15) is 0 Å². The van der Waals surface area contributed by atoms with Crippen molar-refractivity contribution in [1.29, 1.82) is 0 Å². The van der Waals surface area contributed by atoms with Crippen LogP contribution in [0, 0.1) is 0 Å². The number of nitrogens with one attached hydrogen (secondary N) is 1. The van der Waals surface area contributed by atoms with Gasteiger partial charge in [-0.1, -0.05) is 11.6 Å². The van der Waals surface area contributed by atoms with Gasteiger partial charge in [0.2, 0.25) is 0 Å². The van der Waals surface area contributed by atoms with Gasteiger partial charge in [-0.3, -0.25) is 0 Å². The second kappa shape index (κ2) is 5.54. The Hall–Kier alpha value is 0.540. The highest BCUT2D eigenvalue weighted by atomic mass is 35.5. The normalized spacial score (nSPS) is 8.00. The zero-order chi connectivity index (χ0) is 4.28. The van der Waals surface area contributed by atoms with Crippen LogP contribution >= 0.6 is 11.6 Å². The number of hydrogen-bond acceptors (Lipinski definition) is 0. The molecule has 0 aliphatic heterocycles. The molecular formula is C3H9Cl2N. The lowest BCUT2D eigenvalue weighted by atomic mass is 11.0. The fourth-order valence-corrected chi connectivity index (χ4v) is 0. The molecule has 0 saturated carbocycles. The average Bonchev–Trinajstić information content (AvgIpc) is 1.38. The van der Waals surface area contributed by atoms with E-state index in [1.54, 1.807) is 0 Å². The minimum absolute atomic E-state index is 0. The molecule has 0 aliphatic carbocycles. The molecule has 0 aromatic rings. The van der Waals surface area contributed by atoms with Gasteiger partial charge in [-0.25, -0.2) is 0 Å². The van der Waals surface area contributed by atoms with E-state index in [0.717, 1.165) is 0 Å². The molecule has 0 amide bonds. The summed E-state index contributed by atoms with van der Waals surface area (Å²) in [7, 11) is 4.01. The second-order valence-corrected chi connectivity index (χ2v) is 1.61. The molecule has 3 heteroatoms. The fraction of sp³-hybridized carbons (Fsp3) is 1.00. The molecule has 0 unspecified atom stereocenters. The van der Waals surface area contributed by atoms with Crippen molar-refractivity contribution < 1.29 is 17.3 Å². The highest BCUT2D eigenvalue weighted by Gasteiger charge is 1.78. The van der Waals surface area contributed by atoms with Crippen LogP contribution in [0.25, 0.3) is 0 Å². The molecule has 0 bridgehead atoms. The number of alkyl halides is 1. The molecule has 0 radical (unpaired) electrons. The molecule has 0 rings (SSSR count). The predicted molar refractivity (Wildman–Crippen MR) is 23.5 cm³/mol. The van der Waals surface area contributed by atoms with Crippen molar-refractivity contribution in [3.8, 4) is 0 Å². The molecule has 0 spiro atoms. The molecule has 0 atom stereocenters. The van der Waals surface area contributed by atoms with Gasteiger partial charge in [-0.15, -0.1) is 0 Å². The molecule has 1 nitrogen and oxygen atoms in total. The van der Waals surface area contributed by atoms with Crippen molar-refractivity contribution in [3.05, 3.63) is 0 Å². The lowest BCUT2D eigenvalue weighted by molar-refractivity contribution is -0.845. The maximum Gasteiger partial charge on any atom is 0.152 e. The number of rotatable bonds is 1. The smallest absolute Gasteiger partial charge is 0.152 e. The molecule has 0 aromatic heterocycles. The summed E-state index contributed by atoms with van der Waals surface area (Å²) in [6, 6.07) is 0.694. The van der Waals surface area contributed by atoms with E-state index >= 15 is 0 Å². The summed E-state index contributed by atoms with van der Waals surface area (Å²) >= 11 is 5.30. The topological polar surface area (TPSA) is 4.44 Å². The van der Waals surface area contributed by atoms with Crippen molar-refractivity contribution >= 4 is 11.6 Å². The minimum atomic E-state index is 0. The summed E-state index contributed by atoms with van der Waals surface area (Å²) in [5.41, 5.74) is 0. The lowest BCUT2D eigenvalue weighted by Gasteiger charge is -1.95. The average molecular weight is 130 g/mol. The number of hydrogen-bond donors (Lipinski definition) is 1. The molecule has 0 fully saturated rings. The summed E-state index contributed by atoms with van der Waals surface area (Å²) in [5.74, 6) is 0. The number of halogens is 2. The van der Waals surface area contributed by atoms with Crippen molar-refractivity contribution in [2.24, 2.45) is 0 Å². The third kappa shape index (κ3) is 8.82. The first kappa shape index (κ1) is 9.74. The first-order chi connectivity index (χ1) is 2.27. The summed E-state index contributed by atoms with van der Waals surface area (Å²) in [4.78, 5) is 1.27. The quantitative estimate of drug-likeness (QED) is 0.275. The first-order valence-corrected chi connectivity index (χ1v) is 2.16. The minimum Gasteiger partial charge on any atom is -1.00 e. The largest absolute Gasteiger partial charge is 1.00 e. The molecule has 0 aromatic carbocycles. The molecular weight excluding hydrogens is 121 g/mol. The van der Waals surface area contributed by atoms with Crippen LogP contribution in [0.2, 0.25) is 0 Å². The maximum absolute atomic E-state index is 5.30. The van der Waals surface area contributed by atoms with Crippen molar-refractivity contribution in [2.75, 3.05) is 20.1 Å². The Morgan fingerprint density at radius 3 is 1.67 bits per heavy atom. The van der Waals surface area contributed by atoms with Crippen LogP contribution in [-0.4, -0.2) is 20.1 Å². The van der Waals surface area contributed by atoms with Crippen LogP contribution in [0.3, 0.4) is 0 Å². The predicted octanol–water partition coefficient (Wildman–Crippen LogP) is -3.67. The SMILES string of the molecule is C[NH+](C)CCl.[Cl-]. The van der Waals surface area contributed by atoms with Crippen molar-refractivity contribution in [3.63, 3.8) is 0 Å². The standard InChI is InChI=1S/C3H8ClN.ClH/c1-5(2)3-4;/h3H2,1-2H3;1H. The zero-order valence-corrected chi connectivity index (χ0v) is 5.47. The van der Waals surface area contributed by atoms with E-state index in [-0.39, 0.29) is 12.4 Å². The first-order valence-electron chi connectivity index (χ1n) is 1.62. The Bertz CT molecular complexity index is 22.8. The van der Waals surface area contributed by atoms with E-state index in [0.29, 0.717) is 6.00 Å². The van der Waals surface area contributed by atoms with Crippen LogP contribution in [0.4, 0.5) is 0 Å². The van der Waals surface area contributed by atoms with Gasteiger partial charge in [0, 0.05) is 0 Å². The summed E-state index contributed by atoms with van der Waals surface area (Å²) in [6.45, 7) is 0. The molecule has 40 valence electrons.